The van der Waals surface area contributed by atoms with E-state index in [1.807, 2.05) is 17.0 Å². The Bertz CT molecular complexity index is 1040. The van der Waals surface area contributed by atoms with Gasteiger partial charge >= 0.3 is 0 Å². The normalized spacial score (nSPS) is 16.5. The summed E-state index contributed by atoms with van der Waals surface area (Å²) >= 11 is 0. The predicted molar refractivity (Wildman–Crippen MR) is 105 cm³/mol. The number of nitrogens with one attached hydrogen (secondary N) is 1. The van der Waals surface area contributed by atoms with Crippen LogP contribution in [0.3, 0.4) is 0 Å². The minimum absolute atomic E-state index is 0.00613. The number of aromatic nitrogens is 2. The Hall–Kier alpha value is -3.00. The standard InChI is InChI=1S/C21H22F2N4O2/c22-14-4-5-18(23)16(11-14)19-3-1-8-26(19)15-6-9-27-20(12-15)17(13-25-27)21(29)24-7-2-10-28/h4-6,9,11-13,19,28H,1-3,7-8,10H2,(H,24,29). The Kier molecular flexibility index (Phi) is 5.44. The lowest BCUT2D eigenvalue weighted by atomic mass is 10.0. The van der Waals surface area contributed by atoms with Crippen molar-refractivity contribution < 1.29 is 18.7 Å². The number of hydrogen-bond donors (Lipinski definition) is 2. The number of benzene rings is 1. The molecule has 4 rings (SSSR count). The minimum Gasteiger partial charge on any atom is -0.396 e. The molecular formula is C21H22F2N4O2. The highest BCUT2D eigenvalue weighted by Crippen LogP contribution is 2.38. The zero-order chi connectivity index (χ0) is 20.4. The van der Waals surface area contributed by atoms with Crippen molar-refractivity contribution in [1.29, 1.82) is 0 Å². The summed E-state index contributed by atoms with van der Waals surface area (Å²) in [5.41, 5.74) is 2.23. The topological polar surface area (TPSA) is 69.9 Å². The van der Waals surface area contributed by atoms with Crippen LogP contribution in [-0.4, -0.2) is 40.3 Å². The Morgan fingerprint density at radius 2 is 2.14 bits per heavy atom. The van der Waals surface area contributed by atoms with E-state index in [9.17, 15) is 13.6 Å². The number of halogens is 2. The van der Waals surface area contributed by atoms with E-state index in [-0.39, 0.29) is 18.6 Å². The van der Waals surface area contributed by atoms with E-state index in [1.54, 1.807) is 10.7 Å². The van der Waals surface area contributed by atoms with E-state index in [1.165, 1.54) is 12.3 Å². The SMILES string of the molecule is O=C(NCCCO)c1cnn2ccc(N3CCCC3c3cc(F)ccc3F)cc12. The van der Waals surface area contributed by atoms with Crippen LogP contribution < -0.4 is 10.2 Å². The molecular weight excluding hydrogens is 378 g/mol. The van der Waals surface area contributed by atoms with Crippen molar-refractivity contribution in [2.24, 2.45) is 0 Å². The number of hydrogen-bond acceptors (Lipinski definition) is 4. The second-order valence-electron chi connectivity index (χ2n) is 7.12. The van der Waals surface area contributed by atoms with Crippen molar-refractivity contribution in [3.8, 4) is 0 Å². The van der Waals surface area contributed by atoms with Crippen molar-refractivity contribution in [3.63, 3.8) is 0 Å². The second kappa shape index (κ2) is 8.16. The zero-order valence-electron chi connectivity index (χ0n) is 15.8. The Morgan fingerprint density at radius 3 is 2.97 bits per heavy atom. The number of fused-ring (bicyclic) bond motifs is 1. The molecule has 1 aromatic carbocycles. The number of aliphatic hydroxyl groups is 1. The van der Waals surface area contributed by atoms with Crippen molar-refractivity contribution in [3.05, 3.63) is 65.5 Å². The van der Waals surface area contributed by atoms with Crippen LogP contribution in [0.5, 0.6) is 0 Å². The second-order valence-corrected chi connectivity index (χ2v) is 7.12. The van der Waals surface area contributed by atoms with E-state index < -0.39 is 11.6 Å². The first-order chi connectivity index (χ1) is 14.1. The molecule has 29 heavy (non-hydrogen) atoms. The number of pyridine rings is 1. The van der Waals surface area contributed by atoms with Gasteiger partial charge < -0.3 is 15.3 Å². The van der Waals surface area contributed by atoms with Gasteiger partial charge in [-0.2, -0.15) is 5.10 Å². The summed E-state index contributed by atoms with van der Waals surface area (Å²) in [7, 11) is 0. The number of aliphatic hydroxyl groups excluding tert-OH is 1. The van der Waals surface area contributed by atoms with Crippen LogP contribution in [0.25, 0.3) is 5.52 Å². The molecule has 8 heteroatoms. The first-order valence-corrected chi connectivity index (χ1v) is 9.66. The van der Waals surface area contributed by atoms with Gasteiger partial charge in [0, 0.05) is 37.1 Å². The van der Waals surface area contributed by atoms with Crippen LogP contribution in [0.1, 0.15) is 41.2 Å². The summed E-state index contributed by atoms with van der Waals surface area (Å²) in [6.07, 6.45) is 5.32. The van der Waals surface area contributed by atoms with Crippen molar-refractivity contribution in [1.82, 2.24) is 14.9 Å². The third kappa shape index (κ3) is 3.80. The van der Waals surface area contributed by atoms with Gasteiger partial charge in [-0.1, -0.05) is 0 Å². The van der Waals surface area contributed by atoms with Gasteiger partial charge in [-0.15, -0.1) is 0 Å². The molecule has 1 fully saturated rings. The summed E-state index contributed by atoms with van der Waals surface area (Å²) in [5, 5.41) is 15.8. The first kappa shape index (κ1) is 19.3. The smallest absolute Gasteiger partial charge is 0.255 e. The third-order valence-corrected chi connectivity index (χ3v) is 5.27. The van der Waals surface area contributed by atoms with Gasteiger partial charge in [0.15, 0.2) is 0 Å². The van der Waals surface area contributed by atoms with E-state index >= 15 is 0 Å². The molecule has 0 radical (unpaired) electrons. The molecule has 2 N–H and O–H groups in total. The summed E-state index contributed by atoms with van der Waals surface area (Å²) < 4.78 is 29.7. The average Bonchev–Trinajstić information content (AvgIpc) is 3.36. The third-order valence-electron chi connectivity index (χ3n) is 5.27. The van der Waals surface area contributed by atoms with Gasteiger partial charge in [0.25, 0.3) is 5.91 Å². The number of anilines is 1. The lowest BCUT2D eigenvalue weighted by Crippen LogP contribution is -2.25. The largest absolute Gasteiger partial charge is 0.396 e. The Labute approximate surface area is 166 Å². The molecule has 2 aromatic heterocycles. The molecule has 1 saturated heterocycles. The van der Waals surface area contributed by atoms with Crippen LogP contribution in [0.15, 0.2) is 42.7 Å². The fourth-order valence-electron chi connectivity index (χ4n) is 3.87. The van der Waals surface area contributed by atoms with Gasteiger partial charge in [-0.3, -0.25) is 4.79 Å². The van der Waals surface area contributed by atoms with Crippen molar-refractivity contribution >= 4 is 17.1 Å². The summed E-state index contributed by atoms with van der Waals surface area (Å²) in [5.74, 6) is -1.14. The van der Waals surface area contributed by atoms with Gasteiger partial charge in [0.05, 0.1) is 23.3 Å². The van der Waals surface area contributed by atoms with Gasteiger partial charge in [0.2, 0.25) is 0 Å². The molecule has 152 valence electrons. The first-order valence-electron chi connectivity index (χ1n) is 9.66. The molecule has 1 amide bonds. The molecule has 1 aliphatic heterocycles. The van der Waals surface area contributed by atoms with Crippen molar-refractivity contribution in [2.75, 3.05) is 24.6 Å². The van der Waals surface area contributed by atoms with Crippen LogP contribution in [-0.2, 0) is 0 Å². The summed E-state index contributed by atoms with van der Waals surface area (Å²) in [4.78, 5) is 14.5. The molecule has 0 saturated carbocycles. The highest BCUT2D eigenvalue weighted by molar-refractivity contribution is 6.01. The quantitative estimate of drug-likeness (QED) is 0.624. The maximum atomic E-state index is 14.4. The van der Waals surface area contributed by atoms with Crippen LogP contribution in [0.4, 0.5) is 14.5 Å². The Balaban J connectivity index is 1.65. The monoisotopic (exact) mass is 400 g/mol. The fourth-order valence-corrected chi connectivity index (χ4v) is 3.87. The predicted octanol–water partition coefficient (Wildman–Crippen LogP) is 3.07. The highest BCUT2D eigenvalue weighted by atomic mass is 19.1. The number of carbonyl (C=O) groups excluding carboxylic acids is 1. The molecule has 1 aliphatic rings. The maximum Gasteiger partial charge on any atom is 0.255 e. The van der Waals surface area contributed by atoms with Crippen LogP contribution >= 0.6 is 0 Å². The lowest BCUT2D eigenvalue weighted by Gasteiger charge is -2.27. The van der Waals surface area contributed by atoms with E-state index in [4.69, 9.17) is 5.11 Å². The maximum absolute atomic E-state index is 14.4. The average molecular weight is 400 g/mol. The summed E-state index contributed by atoms with van der Waals surface area (Å²) in [6, 6.07) is 6.99. The molecule has 3 heterocycles. The van der Waals surface area contributed by atoms with E-state index in [0.717, 1.165) is 30.7 Å². The molecule has 0 bridgehead atoms. The fraction of sp³-hybridized carbons (Fsp3) is 0.333. The number of nitrogens with zero attached hydrogens (tertiary/aromatic N) is 3. The molecule has 1 atom stereocenters. The number of carbonyl (C=O) groups is 1. The number of amides is 1. The molecule has 1 unspecified atom stereocenters. The number of rotatable bonds is 6. The van der Waals surface area contributed by atoms with Crippen molar-refractivity contribution in [2.45, 2.75) is 25.3 Å². The summed E-state index contributed by atoms with van der Waals surface area (Å²) in [6.45, 7) is 1.09. The highest BCUT2D eigenvalue weighted by Gasteiger charge is 2.29. The minimum atomic E-state index is -0.457. The van der Waals surface area contributed by atoms with Gasteiger partial charge in [-0.05, 0) is 49.6 Å². The van der Waals surface area contributed by atoms with E-state index in [2.05, 4.69) is 10.4 Å². The van der Waals surface area contributed by atoms with E-state index in [0.29, 0.717) is 36.2 Å². The lowest BCUT2D eigenvalue weighted by molar-refractivity contribution is 0.0953. The van der Waals surface area contributed by atoms with Crippen LogP contribution in [0.2, 0.25) is 0 Å². The molecule has 3 aromatic rings. The van der Waals surface area contributed by atoms with Crippen LogP contribution in [0, 0.1) is 11.6 Å². The zero-order valence-corrected chi connectivity index (χ0v) is 15.8. The molecule has 0 spiro atoms. The molecule has 0 aliphatic carbocycles. The Morgan fingerprint density at radius 1 is 1.28 bits per heavy atom. The molecule has 6 nitrogen and oxygen atoms in total. The van der Waals surface area contributed by atoms with Gasteiger partial charge in [-0.25, -0.2) is 13.3 Å². The van der Waals surface area contributed by atoms with Gasteiger partial charge in [0.1, 0.15) is 11.6 Å².